The monoisotopic (exact) mass is 1970 g/mol. The van der Waals surface area contributed by atoms with Gasteiger partial charge in [0.25, 0.3) is 44.8 Å². The van der Waals surface area contributed by atoms with E-state index in [0.29, 0.717) is 6.08 Å². The molecule has 4 saturated carbocycles. The van der Waals surface area contributed by atoms with Gasteiger partial charge in [0.1, 0.15) is 24.4 Å². The van der Waals surface area contributed by atoms with E-state index in [4.69, 9.17) is 0 Å². The van der Waals surface area contributed by atoms with E-state index in [1.165, 1.54) is 0 Å². The van der Waals surface area contributed by atoms with Crippen LogP contribution in [0.4, 0.5) is 211 Å². The average molecular weight is 1970 g/mol. The number of ether oxygens (including phenoxy) is 4. The summed E-state index contributed by atoms with van der Waals surface area (Å²) < 4.78 is 650. The first-order chi connectivity index (χ1) is 54.9. The van der Waals surface area contributed by atoms with Crippen LogP contribution in [0.15, 0.2) is 49.6 Å². The summed E-state index contributed by atoms with van der Waals surface area (Å²) in [5, 5.41) is 75.9. The highest BCUT2D eigenvalue weighted by Gasteiger charge is 2.85. The number of carbonyl (C=O) groups excluding carboxylic acids is 4. The van der Waals surface area contributed by atoms with Gasteiger partial charge < -0.3 is 59.8 Å². The second-order valence-electron chi connectivity index (χ2n) is 28.5. The molecule has 16 nitrogen and oxygen atoms in total. The summed E-state index contributed by atoms with van der Waals surface area (Å²) in [7, 11) is 0. The third-order valence-corrected chi connectivity index (χ3v) is 20.5. The molecule has 0 radical (unpaired) electrons. The Bertz CT molecular complexity index is 3540. The smallest absolute Gasteiger partial charge is 0.426 e. The molecule has 740 valence electrons. The Kier molecular flexibility index (Phi) is 34.5. The maximum absolute atomic E-state index is 13.3. The van der Waals surface area contributed by atoms with Crippen molar-refractivity contribution in [3.05, 3.63) is 49.6 Å². The lowest BCUT2D eigenvalue weighted by atomic mass is 9.65. The number of carbonyl (C=O) groups is 4. The van der Waals surface area contributed by atoms with Crippen molar-refractivity contribution in [1.29, 1.82) is 0 Å². The van der Waals surface area contributed by atoms with Crippen LogP contribution in [0.5, 0.6) is 0 Å². The maximum Gasteiger partial charge on any atom is 0.426 e. The van der Waals surface area contributed by atoms with Gasteiger partial charge in [0.2, 0.25) is 0 Å². The molecule has 126 heavy (non-hydrogen) atoms. The van der Waals surface area contributed by atoms with Gasteiger partial charge in [-0.1, -0.05) is 26.3 Å². The highest BCUT2D eigenvalue weighted by molar-refractivity contribution is 5.87. The molecule has 4 aliphatic rings. The van der Waals surface area contributed by atoms with Crippen LogP contribution in [0.3, 0.4) is 0 Å². The molecule has 0 aromatic heterocycles. The molecule has 8 N–H and O–H groups in total. The van der Waals surface area contributed by atoms with E-state index in [-0.39, 0.29) is 6.08 Å². The predicted molar refractivity (Wildman–Crippen MR) is 309 cm³/mol. The maximum atomic E-state index is 13.3. The molecule has 4 fully saturated rings. The van der Waals surface area contributed by atoms with Crippen molar-refractivity contribution in [2.45, 2.75) is 259 Å². The number of esters is 4. The molecule has 10 unspecified atom stereocenters. The average Bonchev–Trinajstić information content (AvgIpc) is 0.731. The van der Waals surface area contributed by atoms with E-state index in [1.54, 1.807) is 0 Å². The van der Waals surface area contributed by atoms with Crippen molar-refractivity contribution >= 4 is 23.9 Å². The lowest BCUT2D eigenvalue weighted by molar-refractivity contribution is -0.409. The lowest BCUT2D eigenvalue weighted by Crippen LogP contribution is -2.68. The van der Waals surface area contributed by atoms with Gasteiger partial charge in [-0.15, -0.1) is 0 Å². The van der Waals surface area contributed by atoms with Gasteiger partial charge in [-0.05, 0) is 90.9 Å². The fourth-order valence-electron chi connectivity index (χ4n) is 14.1. The second kappa shape index (κ2) is 37.1. The quantitative estimate of drug-likeness (QED) is 0.0309. The number of hydrogen-bond donors (Lipinski definition) is 8. The summed E-state index contributed by atoms with van der Waals surface area (Å²) >= 11 is 0. The fourth-order valence-corrected chi connectivity index (χ4v) is 14.1. The molecule has 0 aromatic carbocycles. The van der Waals surface area contributed by atoms with Gasteiger partial charge in [0, 0.05) is 70.6 Å². The number of rotatable bonds is 16. The lowest BCUT2D eigenvalue weighted by Gasteiger charge is -2.49. The van der Waals surface area contributed by atoms with Crippen molar-refractivity contribution in [1.82, 2.24) is 0 Å². The highest BCUT2D eigenvalue weighted by atomic mass is 19.5. The van der Waals surface area contributed by atoms with Crippen molar-refractivity contribution in [2.24, 2.45) is 47.3 Å². The first kappa shape index (κ1) is 117. The van der Waals surface area contributed by atoms with Crippen LogP contribution in [-0.2, 0) is 38.1 Å². The Balaban J connectivity index is 0.000000840. The summed E-state index contributed by atoms with van der Waals surface area (Å²) in [4.78, 5) is 45.7. The van der Waals surface area contributed by atoms with Crippen LogP contribution in [0.25, 0.3) is 0 Å². The standard InChI is InChI=1S/2C16H16F12O4.2C15H14F12O4/c1-6(2)10(29)32-9-4-7(11(30,13(17,18)19)14(20,21)22)3-8(5-9)12(31,15(23,24)25)16(26,27)28;1-6(2)10(29)32-9-4-3-7(11(30,13(17,18)19)14(20,21)22)5-8(9)12(31,15(23,24)25)16(26,27)28;1-2-9(28)31-8-4-6(10(29,12(16,17)18)13(19,20)21)3-7(5-8)11(30,14(22,23)24)15(25,26)27;1-2-9(28)31-8-4-3-6(10(29,12(16,17)18)13(19,20)21)5-7(8)11(30,14(22,23)24)15(25,26)27/h2*7-9,30-31H,1,3-5H2,2H3;2*2,6-8,29-30H,1,3-5H2. The van der Waals surface area contributed by atoms with E-state index in [1.807, 2.05) is 0 Å². The molecule has 0 aliphatic heterocycles. The van der Waals surface area contributed by atoms with E-state index >= 15 is 0 Å². The number of halogens is 48. The van der Waals surface area contributed by atoms with Crippen LogP contribution >= 0.6 is 0 Å². The molecule has 0 bridgehead atoms. The summed E-state index contributed by atoms with van der Waals surface area (Å²) in [6, 6.07) is 0. The van der Waals surface area contributed by atoms with E-state index in [9.17, 15) is 271 Å². The zero-order valence-corrected chi connectivity index (χ0v) is 61.4. The van der Waals surface area contributed by atoms with Gasteiger partial charge in [0.05, 0.1) is 0 Å². The second-order valence-corrected chi connectivity index (χ2v) is 28.5. The van der Waals surface area contributed by atoms with Gasteiger partial charge in [-0.2, -0.15) is 211 Å². The molecule has 0 amide bonds. The van der Waals surface area contributed by atoms with E-state index in [2.05, 4.69) is 45.3 Å². The Morgan fingerprint density at radius 3 is 0.587 bits per heavy atom. The van der Waals surface area contributed by atoms with Gasteiger partial charge in [-0.25, -0.2) is 19.2 Å². The molecular weight excluding hydrogens is 1910 g/mol. The fraction of sp³-hybridized carbons (Fsp3) is 0.806. The normalized spacial score (nSPS) is 24.5. The van der Waals surface area contributed by atoms with Gasteiger partial charge in [-0.3, -0.25) is 0 Å². The summed E-state index contributed by atoms with van der Waals surface area (Å²) in [6.07, 6.45) is -136. The van der Waals surface area contributed by atoms with E-state index < -0.39 is 327 Å². The topological polar surface area (TPSA) is 267 Å². The largest absolute Gasteiger partial charge is 0.459 e. The first-order valence-electron chi connectivity index (χ1n) is 33.2. The summed E-state index contributed by atoms with van der Waals surface area (Å²) in [5.74, 6) is -33.6. The molecule has 0 heterocycles. The van der Waals surface area contributed by atoms with Crippen LogP contribution in [0.2, 0.25) is 0 Å². The van der Waals surface area contributed by atoms with Crippen LogP contribution in [-0.4, -0.2) is 233 Å². The third-order valence-electron chi connectivity index (χ3n) is 20.5. The van der Waals surface area contributed by atoms with Crippen molar-refractivity contribution < 1.29 is 290 Å². The highest BCUT2D eigenvalue weighted by Crippen LogP contribution is 2.65. The molecule has 4 rings (SSSR count). The van der Waals surface area contributed by atoms with Gasteiger partial charge >= 0.3 is 123 Å². The van der Waals surface area contributed by atoms with Crippen LogP contribution in [0.1, 0.15) is 90.9 Å². The van der Waals surface area contributed by atoms with Crippen molar-refractivity contribution in [2.75, 3.05) is 0 Å². The first-order valence-corrected chi connectivity index (χ1v) is 33.2. The SMILES string of the molecule is C=C(C)C(=O)OC1CC(C(O)(C(F)(F)F)C(F)(F)F)CC(C(O)(C(F)(F)F)C(F)(F)F)C1.C=C(C)C(=O)OC1CCC(C(O)(C(F)(F)F)C(F)(F)F)CC1C(O)(C(F)(F)F)C(F)(F)F.C=CC(=O)OC1CC(C(O)(C(F)(F)F)C(F)(F)F)CC(C(O)(C(F)(F)F)C(F)(F)F)C1.C=CC(=O)OC1CCC(C(O)(C(F)(F)F)C(F)(F)F)CC1C(O)(C(F)(F)F)C(F)(F)F. The minimum atomic E-state index is -6.65. The molecule has 4 aliphatic carbocycles. The summed E-state index contributed by atoms with van der Waals surface area (Å²) in [6.45, 7) is 13.5. The molecule has 10 atom stereocenters. The van der Waals surface area contributed by atoms with E-state index in [0.717, 1.165) is 13.8 Å². The molecule has 0 aromatic rings. The summed E-state index contributed by atoms with van der Waals surface area (Å²) in [5.41, 5.74) is -47.2. The predicted octanol–water partition coefficient (Wildman–Crippen LogP) is 17.6. The van der Waals surface area contributed by atoms with Crippen LogP contribution in [0, 0.1) is 47.3 Å². The number of aliphatic hydroxyl groups is 8. The third kappa shape index (κ3) is 22.8. The molecule has 0 saturated heterocycles. The Morgan fingerprint density at radius 1 is 0.238 bits per heavy atom. The Labute approximate surface area is 669 Å². The zero-order chi connectivity index (χ0) is 101. The zero-order valence-electron chi connectivity index (χ0n) is 61.4. The van der Waals surface area contributed by atoms with Gasteiger partial charge in [0.15, 0.2) is 0 Å². The number of hydrogen-bond acceptors (Lipinski definition) is 16. The minimum Gasteiger partial charge on any atom is -0.459 e. The van der Waals surface area contributed by atoms with Crippen molar-refractivity contribution in [3.8, 4) is 0 Å². The molecule has 64 heteroatoms. The van der Waals surface area contributed by atoms with Crippen LogP contribution < -0.4 is 0 Å². The Hall–Kier alpha value is -6.84. The minimum absolute atomic E-state index is 0.269. The Morgan fingerprint density at radius 2 is 0.405 bits per heavy atom. The molecule has 0 spiro atoms. The number of alkyl halides is 48. The van der Waals surface area contributed by atoms with Crippen molar-refractivity contribution in [3.63, 3.8) is 0 Å². The molecular formula is C62H60F48O16.